The molecule has 0 fully saturated rings. The monoisotopic (exact) mass is 126 g/mol. The summed E-state index contributed by atoms with van der Waals surface area (Å²) in [6.07, 6.45) is 0. The van der Waals surface area contributed by atoms with Crippen molar-refractivity contribution < 1.29 is 19.7 Å². The molecule has 0 unspecified atom stereocenters. The second-order valence-electron chi connectivity index (χ2n) is 0.619. The standard InChI is InChI=1S/C2H4O2.H3O2P/c1-2(3)4;1-3-2/h1H3,(H,3,4);1-3H. The van der Waals surface area contributed by atoms with Crippen LogP contribution in [0, 0.1) is 0 Å². The first kappa shape index (κ1) is 9.94. The summed E-state index contributed by atoms with van der Waals surface area (Å²) in [5, 5.41) is 7.42. The minimum absolute atomic E-state index is 0.833. The molecule has 0 saturated carbocycles. The fraction of sp³-hybridized carbons (Fsp3) is 0.500. The Morgan fingerprint density at radius 3 is 1.57 bits per heavy atom. The van der Waals surface area contributed by atoms with Crippen molar-refractivity contribution in [2.45, 2.75) is 6.92 Å². The van der Waals surface area contributed by atoms with Crippen molar-refractivity contribution in [3.63, 3.8) is 0 Å². The number of hydrogen-bond donors (Lipinski definition) is 3. The summed E-state index contributed by atoms with van der Waals surface area (Å²) in [7, 11) is -0.917. The van der Waals surface area contributed by atoms with Gasteiger partial charge in [0, 0.05) is 6.92 Å². The quantitative estimate of drug-likeness (QED) is 0.385. The van der Waals surface area contributed by atoms with Crippen LogP contribution < -0.4 is 0 Å². The Morgan fingerprint density at radius 1 is 1.57 bits per heavy atom. The van der Waals surface area contributed by atoms with E-state index in [0.717, 1.165) is 6.92 Å². The molecular weight excluding hydrogens is 119 g/mol. The van der Waals surface area contributed by atoms with Crippen LogP contribution in [0.4, 0.5) is 0 Å². The average Bonchev–Trinajstić information content (AvgIpc) is 1.33. The first-order chi connectivity index (χ1) is 3.15. The second-order valence-corrected chi connectivity index (χ2v) is 0.819. The number of hydrogen-bond acceptors (Lipinski definition) is 3. The summed E-state index contributed by atoms with van der Waals surface area (Å²) in [6, 6.07) is 0. The molecule has 0 spiro atoms. The van der Waals surface area contributed by atoms with Crippen molar-refractivity contribution >= 4 is 15.0 Å². The van der Waals surface area contributed by atoms with Gasteiger partial charge in [-0.25, -0.2) is 0 Å². The zero-order valence-corrected chi connectivity index (χ0v) is 4.75. The molecule has 5 heteroatoms. The number of rotatable bonds is 0. The Hall–Kier alpha value is -0.180. The molecule has 7 heavy (non-hydrogen) atoms. The second kappa shape index (κ2) is 9.27. The van der Waals surface area contributed by atoms with Crippen molar-refractivity contribution in [3.05, 3.63) is 0 Å². The van der Waals surface area contributed by atoms with E-state index in [1.807, 2.05) is 0 Å². The van der Waals surface area contributed by atoms with Crippen LogP contribution in [-0.4, -0.2) is 20.9 Å². The maximum Gasteiger partial charge on any atom is 0.300 e. The number of carboxylic acid groups (broad SMARTS) is 1. The molecule has 0 bridgehead atoms. The van der Waals surface area contributed by atoms with E-state index in [1.54, 1.807) is 0 Å². The van der Waals surface area contributed by atoms with Crippen LogP contribution in [0.3, 0.4) is 0 Å². The minimum atomic E-state index is -0.917. The summed E-state index contributed by atoms with van der Waals surface area (Å²) in [5.74, 6) is -0.833. The molecule has 0 aliphatic carbocycles. The van der Waals surface area contributed by atoms with Crippen LogP contribution in [0.1, 0.15) is 6.92 Å². The molecule has 0 heterocycles. The summed E-state index contributed by atoms with van der Waals surface area (Å²) in [5.41, 5.74) is 0. The predicted octanol–water partition coefficient (Wildman–Crippen LogP) is -0.430. The normalized spacial score (nSPS) is 6.14. The van der Waals surface area contributed by atoms with Crippen LogP contribution in [0.25, 0.3) is 0 Å². The topological polar surface area (TPSA) is 77.8 Å². The lowest BCUT2D eigenvalue weighted by Gasteiger charge is -1.59. The molecular formula is C2H7O4P. The first-order valence-electron chi connectivity index (χ1n) is 1.37. The van der Waals surface area contributed by atoms with E-state index in [1.165, 1.54) is 0 Å². The highest BCUT2D eigenvalue weighted by Gasteiger charge is 1.65. The molecule has 0 aromatic rings. The van der Waals surface area contributed by atoms with Gasteiger partial charge in [-0.2, -0.15) is 0 Å². The van der Waals surface area contributed by atoms with E-state index in [-0.39, 0.29) is 0 Å². The van der Waals surface area contributed by atoms with E-state index in [0.29, 0.717) is 0 Å². The van der Waals surface area contributed by atoms with E-state index in [4.69, 9.17) is 19.7 Å². The van der Waals surface area contributed by atoms with E-state index < -0.39 is 15.0 Å². The van der Waals surface area contributed by atoms with Gasteiger partial charge in [0.15, 0.2) is 0 Å². The first-order valence-corrected chi connectivity index (χ1v) is 2.27. The molecule has 3 N–H and O–H groups in total. The molecule has 0 saturated heterocycles. The molecule has 0 atom stereocenters. The van der Waals surface area contributed by atoms with Crippen molar-refractivity contribution in [1.29, 1.82) is 0 Å². The van der Waals surface area contributed by atoms with Gasteiger partial charge >= 0.3 is 0 Å². The largest absolute Gasteiger partial charge is 0.481 e. The van der Waals surface area contributed by atoms with Crippen LogP contribution in [0.2, 0.25) is 0 Å². The number of carboxylic acids is 1. The molecule has 0 rings (SSSR count). The molecule has 0 aliphatic heterocycles. The highest BCUT2D eigenvalue weighted by molar-refractivity contribution is 7.23. The summed E-state index contributed by atoms with van der Waals surface area (Å²) in [6.45, 7) is 1.08. The fourth-order valence-electron chi connectivity index (χ4n) is 0. The third-order valence-corrected chi connectivity index (χ3v) is 0. The highest BCUT2D eigenvalue weighted by Crippen LogP contribution is 1.81. The van der Waals surface area contributed by atoms with Gasteiger partial charge in [-0.1, -0.05) is 0 Å². The predicted molar refractivity (Wildman–Crippen MR) is 26.1 cm³/mol. The molecule has 0 radical (unpaired) electrons. The van der Waals surface area contributed by atoms with Gasteiger partial charge < -0.3 is 14.9 Å². The average molecular weight is 126 g/mol. The zero-order valence-electron chi connectivity index (χ0n) is 3.75. The molecule has 4 nitrogen and oxygen atoms in total. The van der Waals surface area contributed by atoms with Crippen molar-refractivity contribution in [2.24, 2.45) is 0 Å². The van der Waals surface area contributed by atoms with Crippen molar-refractivity contribution in [3.8, 4) is 0 Å². The SMILES string of the molecule is CC(=O)O.OPO. The minimum Gasteiger partial charge on any atom is -0.481 e. The molecule has 0 aromatic heterocycles. The Morgan fingerprint density at radius 2 is 1.57 bits per heavy atom. The lowest BCUT2D eigenvalue weighted by Crippen LogP contribution is -1.78. The maximum atomic E-state index is 9.00. The maximum absolute atomic E-state index is 9.00. The summed E-state index contributed by atoms with van der Waals surface area (Å²) >= 11 is 0. The van der Waals surface area contributed by atoms with Crippen LogP contribution in [-0.2, 0) is 4.79 Å². The third kappa shape index (κ3) is 2620. The van der Waals surface area contributed by atoms with Crippen molar-refractivity contribution in [2.75, 3.05) is 0 Å². The van der Waals surface area contributed by atoms with Crippen molar-refractivity contribution in [1.82, 2.24) is 0 Å². The van der Waals surface area contributed by atoms with Gasteiger partial charge in [0.05, 0.1) is 0 Å². The van der Waals surface area contributed by atoms with Gasteiger partial charge in [-0.05, 0) is 0 Å². The lowest BCUT2D eigenvalue weighted by molar-refractivity contribution is -0.134. The summed E-state index contributed by atoms with van der Waals surface area (Å²) in [4.78, 5) is 23.3. The lowest BCUT2D eigenvalue weighted by atomic mass is 10.9. The van der Waals surface area contributed by atoms with E-state index in [2.05, 4.69) is 0 Å². The number of carbonyl (C=O) groups is 1. The van der Waals surface area contributed by atoms with Crippen LogP contribution in [0.15, 0.2) is 0 Å². The number of aliphatic carboxylic acids is 1. The van der Waals surface area contributed by atoms with Gasteiger partial charge in [-0.15, -0.1) is 0 Å². The Bertz CT molecular complexity index is 41.0. The van der Waals surface area contributed by atoms with E-state index in [9.17, 15) is 0 Å². The van der Waals surface area contributed by atoms with E-state index >= 15 is 0 Å². The molecule has 0 aliphatic rings. The van der Waals surface area contributed by atoms with Crippen LogP contribution >= 0.6 is 9.03 Å². The van der Waals surface area contributed by atoms with Gasteiger partial charge in [0.2, 0.25) is 0 Å². The Kier molecular flexibility index (Phi) is 13.2. The Labute approximate surface area is 42.7 Å². The summed E-state index contributed by atoms with van der Waals surface area (Å²) < 4.78 is 0. The molecule has 0 aromatic carbocycles. The Balaban J connectivity index is 0. The van der Waals surface area contributed by atoms with Gasteiger partial charge in [0.1, 0.15) is 9.03 Å². The fourth-order valence-corrected chi connectivity index (χ4v) is 0. The highest BCUT2D eigenvalue weighted by atomic mass is 31.1. The molecule has 44 valence electrons. The smallest absolute Gasteiger partial charge is 0.300 e. The van der Waals surface area contributed by atoms with Gasteiger partial charge in [0.25, 0.3) is 5.97 Å². The third-order valence-electron chi connectivity index (χ3n) is 0. The molecule has 0 amide bonds. The van der Waals surface area contributed by atoms with Crippen LogP contribution in [0.5, 0.6) is 0 Å². The van der Waals surface area contributed by atoms with Gasteiger partial charge in [-0.3, -0.25) is 4.79 Å². The zero-order chi connectivity index (χ0) is 6.28.